The Kier molecular flexibility index (Phi) is 3.72. The maximum Gasteiger partial charge on any atom is 0.352 e. The summed E-state index contributed by atoms with van der Waals surface area (Å²) in [7, 11) is 0. The van der Waals surface area contributed by atoms with Gasteiger partial charge in [0.15, 0.2) is 0 Å². The quantitative estimate of drug-likeness (QED) is 0.567. The number of carboxylic acid groups (broad SMARTS) is 1. The predicted molar refractivity (Wildman–Crippen MR) is 89.3 cm³/mol. The highest BCUT2D eigenvalue weighted by atomic mass is 16.4. The molecule has 7 heteroatoms. The van der Waals surface area contributed by atoms with Gasteiger partial charge in [-0.25, -0.2) is 4.79 Å². The van der Waals surface area contributed by atoms with Gasteiger partial charge in [-0.1, -0.05) is 13.8 Å². The Labute approximate surface area is 146 Å². The number of amides is 2. The van der Waals surface area contributed by atoms with Crippen LogP contribution in [0.3, 0.4) is 0 Å². The largest absolute Gasteiger partial charge is 0.477 e. The third-order valence-corrected chi connectivity index (χ3v) is 5.60. The summed E-state index contributed by atoms with van der Waals surface area (Å²) in [5.74, 6) is -0.646. The average Bonchev–Trinajstić information content (AvgIpc) is 3.09. The van der Waals surface area contributed by atoms with E-state index < -0.39 is 5.97 Å². The summed E-state index contributed by atoms with van der Waals surface area (Å²) in [6, 6.07) is -0.277. The van der Waals surface area contributed by atoms with Gasteiger partial charge in [0.2, 0.25) is 11.8 Å². The van der Waals surface area contributed by atoms with E-state index in [1.54, 1.807) is 6.08 Å². The van der Waals surface area contributed by atoms with Gasteiger partial charge in [-0.3, -0.25) is 14.5 Å². The smallest absolute Gasteiger partial charge is 0.352 e. The molecule has 134 valence electrons. The van der Waals surface area contributed by atoms with Crippen LogP contribution in [-0.4, -0.2) is 64.4 Å². The van der Waals surface area contributed by atoms with E-state index in [9.17, 15) is 19.5 Å². The number of hydrogen-bond acceptors (Lipinski definition) is 4. The van der Waals surface area contributed by atoms with Crippen molar-refractivity contribution >= 4 is 17.8 Å². The van der Waals surface area contributed by atoms with Crippen LogP contribution < -0.4 is 5.32 Å². The lowest BCUT2D eigenvalue weighted by Gasteiger charge is -2.48. The first kappa shape index (κ1) is 16.3. The second kappa shape index (κ2) is 5.69. The summed E-state index contributed by atoms with van der Waals surface area (Å²) in [5.41, 5.74) is 1.33. The number of hydrogen-bond donors (Lipinski definition) is 2. The highest BCUT2D eigenvalue weighted by molar-refractivity contribution is 6.02. The molecule has 0 aromatic heterocycles. The van der Waals surface area contributed by atoms with Gasteiger partial charge < -0.3 is 15.3 Å². The van der Waals surface area contributed by atoms with E-state index in [0.717, 1.165) is 0 Å². The molecule has 4 heterocycles. The second-order valence-electron chi connectivity index (χ2n) is 7.79. The molecular weight excluding hydrogens is 322 g/mol. The van der Waals surface area contributed by atoms with Crippen LogP contribution in [0.15, 0.2) is 22.9 Å². The number of carboxylic acids is 1. The van der Waals surface area contributed by atoms with Crippen molar-refractivity contribution in [2.45, 2.75) is 38.8 Å². The molecule has 0 bridgehead atoms. The zero-order valence-corrected chi connectivity index (χ0v) is 14.5. The first-order chi connectivity index (χ1) is 11.9. The zero-order valence-electron chi connectivity index (χ0n) is 14.5. The lowest BCUT2D eigenvalue weighted by Crippen LogP contribution is -2.68. The maximum absolute atomic E-state index is 12.6. The molecule has 2 N–H and O–H groups in total. The summed E-state index contributed by atoms with van der Waals surface area (Å²) >= 11 is 0. The molecule has 3 saturated heterocycles. The second-order valence-corrected chi connectivity index (χ2v) is 7.79. The zero-order chi connectivity index (χ0) is 17.9. The van der Waals surface area contributed by atoms with E-state index >= 15 is 0 Å². The number of rotatable bonds is 4. The van der Waals surface area contributed by atoms with Crippen molar-refractivity contribution in [3.63, 3.8) is 0 Å². The van der Waals surface area contributed by atoms with Gasteiger partial charge in [0.1, 0.15) is 11.7 Å². The van der Waals surface area contributed by atoms with Gasteiger partial charge in [0.05, 0.1) is 6.04 Å². The molecule has 4 rings (SSSR count). The first-order valence-corrected chi connectivity index (χ1v) is 8.91. The molecular formula is C18H23N3O4. The molecule has 0 aliphatic carbocycles. The van der Waals surface area contributed by atoms with Gasteiger partial charge in [-0.2, -0.15) is 0 Å². The number of carbonyl (C=O) groups is 3. The molecule has 7 nitrogen and oxygen atoms in total. The van der Waals surface area contributed by atoms with Crippen LogP contribution in [0.5, 0.6) is 0 Å². The van der Waals surface area contributed by atoms with Gasteiger partial charge in [-0.15, -0.1) is 0 Å². The van der Waals surface area contributed by atoms with E-state index in [0.29, 0.717) is 49.5 Å². The van der Waals surface area contributed by atoms with Crippen molar-refractivity contribution in [3.05, 3.63) is 22.9 Å². The lowest BCUT2D eigenvalue weighted by atomic mass is 9.79. The Hall–Kier alpha value is -2.15. The molecule has 0 aromatic rings. The summed E-state index contributed by atoms with van der Waals surface area (Å²) < 4.78 is 0. The fraction of sp³-hybridized carbons (Fsp3) is 0.611. The molecule has 0 spiro atoms. The van der Waals surface area contributed by atoms with Crippen LogP contribution in [0.1, 0.15) is 26.7 Å². The van der Waals surface area contributed by atoms with Crippen molar-refractivity contribution < 1.29 is 19.5 Å². The van der Waals surface area contributed by atoms with E-state index in [4.69, 9.17) is 0 Å². The maximum atomic E-state index is 12.6. The minimum atomic E-state index is -1.09. The molecule has 4 aliphatic heterocycles. The molecule has 0 saturated carbocycles. The normalized spacial score (nSPS) is 32.8. The number of nitrogens with one attached hydrogen (secondary N) is 1. The molecule has 25 heavy (non-hydrogen) atoms. The number of likely N-dealkylation sites (tertiary alicyclic amines) is 1. The Morgan fingerprint density at radius 3 is 2.84 bits per heavy atom. The van der Waals surface area contributed by atoms with Gasteiger partial charge in [0, 0.05) is 25.2 Å². The van der Waals surface area contributed by atoms with Crippen molar-refractivity contribution in [2.24, 2.45) is 11.8 Å². The third kappa shape index (κ3) is 2.40. The van der Waals surface area contributed by atoms with Gasteiger partial charge in [-0.05, 0) is 36.3 Å². The summed E-state index contributed by atoms with van der Waals surface area (Å²) in [4.78, 5) is 39.9. The van der Waals surface area contributed by atoms with E-state index in [1.807, 2.05) is 4.90 Å². The predicted octanol–water partition coefficient (Wildman–Crippen LogP) is 0.342. The summed E-state index contributed by atoms with van der Waals surface area (Å²) in [6.07, 6.45) is 2.96. The fourth-order valence-electron chi connectivity index (χ4n) is 4.58. The Morgan fingerprint density at radius 2 is 2.16 bits per heavy atom. The fourth-order valence-corrected chi connectivity index (χ4v) is 4.58. The van der Waals surface area contributed by atoms with E-state index in [-0.39, 0.29) is 35.5 Å². The Balaban J connectivity index is 1.66. The molecule has 3 atom stereocenters. The van der Waals surface area contributed by atoms with Crippen LogP contribution >= 0.6 is 0 Å². The molecule has 0 radical (unpaired) electrons. The van der Waals surface area contributed by atoms with Crippen LogP contribution in [0.25, 0.3) is 0 Å². The molecule has 2 amide bonds. The van der Waals surface area contributed by atoms with Crippen LogP contribution in [0, 0.1) is 11.8 Å². The van der Waals surface area contributed by atoms with E-state index in [1.165, 1.54) is 4.90 Å². The average molecular weight is 345 g/mol. The molecule has 4 aliphatic rings. The SMILES string of the molecule is CC(C)CN1CCC(=CC2=C(C(=O)O)N3C(=O)C4NCC(C2)[C@H]43)C1=O. The van der Waals surface area contributed by atoms with E-state index in [2.05, 4.69) is 19.2 Å². The first-order valence-electron chi connectivity index (χ1n) is 8.91. The third-order valence-electron chi connectivity index (χ3n) is 5.60. The molecule has 2 unspecified atom stereocenters. The Bertz CT molecular complexity index is 724. The molecule has 3 fully saturated rings. The summed E-state index contributed by atoms with van der Waals surface area (Å²) in [6.45, 7) is 6.24. The van der Waals surface area contributed by atoms with Crippen molar-refractivity contribution in [2.75, 3.05) is 19.6 Å². The minimum Gasteiger partial charge on any atom is -0.477 e. The van der Waals surface area contributed by atoms with Crippen LogP contribution in [-0.2, 0) is 14.4 Å². The van der Waals surface area contributed by atoms with Gasteiger partial charge >= 0.3 is 5.97 Å². The minimum absolute atomic E-state index is 0.00887. The highest BCUT2D eigenvalue weighted by Crippen LogP contribution is 2.44. The van der Waals surface area contributed by atoms with Gasteiger partial charge in [0.25, 0.3) is 0 Å². The number of carbonyl (C=O) groups excluding carboxylic acids is 2. The van der Waals surface area contributed by atoms with Crippen molar-refractivity contribution in [1.29, 1.82) is 0 Å². The van der Waals surface area contributed by atoms with Crippen molar-refractivity contribution in [1.82, 2.24) is 15.1 Å². The topological polar surface area (TPSA) is 90.0 Å². The molecule has 0 aromatic carbocycles. The highest BCUT2D eigenvalue weighted by Gasteiger charge is 2.59. The monoisotopic (exact) mass is 345 g/mol. The summed E-state index contributed by atoms with van der Waals surface area (Å²) in [5, 5.41) is 12.8. The number of β-lactam (4-membered cyclic amide) rings is 1. The number of aliphatic carboxylic acids is 1. The van der Waals surface area contributed by atoms with Crippen molar-refractivity contribution in [3.8, 4) is 0 Å². The van der Waals surface area contributed by atoms with Crippen LogP contribution in [0.2, 0.25) is 0 Å². The lowest BCUT2D eigenvalue weighted by molar-refractivity contribution is -0.153. The number of allylic oxidation sites excluding steroid dienone is 2. The number of nitrogens with zero attached hydrogens (tertiary/aromatic N) is 2. The Morgan fingerprint density at radius 1 is 1.40 bits per heavy atom. The van der Waals surface area contributed by atoms with Crippen LogP contribution in [0.4, 0.5) is 0 Å². The standard InChI is InChI=1S/C18H23N3O4/c1-9(2)8-20-4-3-10(16(20)22)5-11-6-12-7-19-13-14(12)21(17(13)23)15(11)18(24)25/h5,9,12-14,19H,3-4,6-8H2,1-2H3,(H,24,25)/t12?,13?,14-/m1/s1.